The van der Waals surface area contributed by atoms with E-state index < -0.39 is 20.2 Å². The number of benzene rings is 3. The number of anilines is 1. The number of unbranched alkanes of at least 4 members (excludes halogenated alkanes) is 2. The summed E-state index contributed by atoms with van der Waals surface area (Å²) in [7, 11) is -8.30. The number of fused-ring (bicyclic) bond motifs is 1. The molecule has 310 valence electrons. The molecule has 0 saturated heterocycles. The molecule has 5 rings (SSSR count). The van der Waals surface area contributed by atoms with Crippen LogP contribution in [0, 0.1) is 0 Å². The van der Waals surface area contributed by atoms with Crippen molar-refractivity contribution in [1.82, 2.24) is 0 Å². The summed E-state index contributed by atoms with van der Waals surface area (Å²) in [4.78, 5) is 6.36. The maximum absolute atomic E-state index is 11.1. The molecule has 1 aliphatic heterocycles. The zero-order chi connectivity index (χ0) is 42.6. The van der Waals surface area contributed by atoms with Gasteiger partial charge in [-0.3, -0.25) is 0 Å². The predicted octanol–water partition coefficient (Wildman–Crippen LogP) is 7.36. The average Bonchev–Trinajstić information content (AvgIpc) is 3.38. The molecule has 14 heteroatoms. The quantitative estimate of drug-likeness (QED) is 0.0264. The van der Waals surface area contributed by atoms with Gasteiger partial charge in [-0.15, -0.1) is 6.58 Å². The van der Waals surface area contributed by atoms with Gasteiger partial charge in [0.05, 0.1) is 36.5 Å². The van der Waals surface area contributed by atoms with Crippen LogP contribution in [0.4, 0.5) is 17.1 Å². The van der Waals surface area contributed by atoms with Crippen LogP contribution in [0.2, 0.25) is 0 Å². The van der Waals surface area contributed by atoms with E-state index in [1.807, 2.05) is 60.7 Å². The van der Waals surface area contributed by atoms with Gasteiger partial charge in [0, 0.05) is 63.1 Å². The fraction of sp³-hybridized carbons (Fsp3) is 0.378. The first-order valence-electron chi connectivity index (χ1n) is 19.4. The third kappa shape index (κ3) is 15.2. The molecule has 0 atom stereocenters. The number of para-hydroxylation sites is 2. The third-order valence-electron chi connectivity index (χ3n) is 10.3. The van der Waals surface area contributed by atoms with Crippen LogP contribution in [0.15, 0.2) is 130 Å². The zero-order valence-corrected chi connectivity index (χ0v) is 40.1. The van der Waals surface area contributed by atoms with E-state index in [1.54, 1.807) is 11.8 Å². The number of hydrogen-bond acceptors (Lipinski definition) is 10. The molecule has 0 bridgehead atoms. The fourth-order valence-electron chi connectivity index (χ4n) is 7.05. The van der Waals surface area contributed by atoms with Crippen molar-refractivity contribution < 1.29 is 60.1 Å². The molecule has 0 amide bonds. The molecule has 9 nitrogen and oxygen atoms in total. The van der Waals surface area contributed by atoms with Gasteiger partial charge in [-0.1, -0.05) is 80.7 Å². The van der Waals surface area contributed by atoms with E-state index in [2.05, 4.69) is 91.2 Å². The molecule has 0 spiro atoms. The molecule has 0 saturated carbocycles. The Balaban J connectivity index is 0.000000376. The molecule has 59 heavy (non-hydrogen) atoms. The summed E-state index contributed by atoms with van der Waals surface area (Å²) in [6, 6.07) is 24.3. The van der Waals surface area contributed by atoms with E-state index in [1.165, 1.54) is 21.8 Å². The number of nitrogens with zero attached hydrogens (tertiary/aromatic N) is 2. The number of thiocarbonyl (C=S) groups is 1. The molecule has 2 aliphatic rings. The van der Waals surface area contributed by atoms with Crippen LogP contribution in [0.1, 0.15) is 83.8 Å². The third-order valence-corrected chi connectivity index (χ3v) is 13.2. The molecule has 1 aliphatic carbocycles. The van der Waals surface area contributed by atoms with E-state index in [0.29, 0.717) is 38.8 Å². The van der Waals surface area contributed by atoms with Crippen LogP contribution < -0.4 is 34.9 Å². The number of thioether (sulfide) groups is 1. The summed E-state index contributed by atoms with van der Waals surface area (Å²) in [6.45, 7) is 18.1. The van der Waals surface area contributed by atoms with E-state index in [0.717, 1.165) is 52.4 Å². The Morgan fingerprint density at radius 3 is 2.19 bits per heavy atom. The van der Waals surface area contributed by atoms with Gasteiger partial charge in [-0.05, 0) is 112 Å². The number of aliphatic imine (C=N–C) groups is 1. The monoisotopic (exact) mass is 883 g/mol. The van der Waals surface area contributed by atoms with E-state index in [4.69, 9.17) is 12.2 Å². The molecule has 3 aromatic rings. The summed E-state index contributed by atoms with van der Waals surface area (Å²) in [5, 5.41) is 5.70. The number of rotatable bonds is 18. The Morgan fingerprint density at radius 1 is 0.915 bits per heavy atom. The van der Waals surface area contributed by atoms with Crippen LogP contribution in [0.5, 0.6) is 0 Å². The molecule has 1 heterocycles. The average molecular weight is 884 g/mol. The number of allylic oxidation sites excluding steroid dienone is 5. The van der Waals surface area contributed by atoms with Gasteiger partial charge in [-0.25, -0.2) is 16.8 Å². The van der Waals surface area contributed by atoms with Crippen molar-refractivity contribution in [2.75, 3.05) is 29.9 Å². The first-order chi connectivity index (χ1) is 27.4. The van der Waals surface area contributed by atoms with E-state index in [-0.39, 0.29) is 51.9 Å². The second-order valence-electron chi connectivity index (χ2n) is 15.5. The molecule has 3 aromatic carbocycles. The zero-order valence-electron chi connectivity index (χ0n) is 34.8. The summed E-state index contributed by atoms with van der Waals surface area (Å²) >= 11 is 6.43. The summed E-state index contributed by atoms with van der Waals surface area (Å²) in [5.41, 5.74) is 8.56. The van der Waals surface area contributed by atoms with Crippen LogP contribution in [0.25, 0.3) is 0 Å². The van der Waals surface area contributed by atoms with E-state index >= 15 is 0 Å². The Labute approximate surface area is 383 Å². The molecule has 0 radical (unpaired) electrons. The van der Waals surface area contributed by atoms with Gasteiger partial charge in [0.1, 0.15) is 6.54 Å². The SMILES string of the molecule is C=C1CCCC(/C=C/C2=[N+](CCCCS(=O)(=O)[O-])c3ccccc3C2(C)C)=C1Sc1ccc(N=C=S)cc1.C=CC(C)(C)c1ccccc1NCCCCS(=O)(=O)[O-].[Na+]. The van der Waals surface area contributed by atoms with Crippen molar-refractivity contribution >= 4 is 72.2 Å². The van der Waals surface area contributed by atoms with Gasteiger partial charge in [0.25, 0.3) is 0 Å². The van der Waals surface area contributed by atoms with Crippen LogP contribution in [-0.2, 0) is 31.1 Å². The molecule has 0 unspecified atom stereocenters. The summed E-state index contributed by atoms with van der Waals surface area (Å²) < 4.78 is 67.1. The summed E-state index contributed by atoms with van der Waals surface area (Å²) in [6.07, 6.45) is 11.4. The van der Waals surface area contributed by atoms with Crippen molar-refractivity contribution in [2.45, 2.75) is 88.4 Å². The van der Waals surface area contributed by atoms with Crippen LogP contribution in [-0.4, -0.2) is 66.0 Å². The van der Waals surface area contributed by atoms with Gasteiger partial charge in [-0.2, -0.15) is 9.57 Å². The standard InChI is InChI=1S/C30H32N2O3S3.C15H23NO3S.Na/c1-22-9-8-10-23(29(22)37-25-16-14-24(15-17-25)31-21-36)13-18-28-30(2,3)26-11-4-5-12-27(26)32(28)19-6-7-20-38(33,34)35;1-4-15(2,3)13-9-5-6-10-14(13)16-11-7-8-12-20(17,18)19;/h4-5,11-18H,1,6-10,19-20H2,2-3H3;4-6,9-10,16H,1,7-8,11-12H2,2-3H3,(H,17,18,19);/q;;+1/p-1/b18-13+;;. The minimum absolute atomic E-state index is 0. The van der Waals surface area contributed by atoms with Crippen molar-refractivity contribution in [3.05, 3.63) is 131 Å². The molecule has 0 fully saturated rings. The maximum atomic E-state index is 11.1. The number of hydrogen-bond donors (Lipinski definition) is 1. The minimum atomic E-state index is -4.20. The largest absolute Gasteiger partial charge is 1.00 e. The van der Waals surface area contributed by atoms with Crippen molar-refractivity contribution in [2.24, 2.45) is 4.99 Å². The smallest absolute Gasteiger partial charge is 0.748 e. The Morgan fingerprint density at radius 2 is 1.54 bits per heavy atom. The second kappa shape index (κ2) is 22.8. The second-order valence-corrected chi connectivity index (χ2v) is 19.8. The van der Waals surface area contributed by atoms with Crippen molar-refractivity contribution in [1.29, 1.82) is 0 Å². The molecule has 0 aromatic heterocycles. The van der Waals surface area contributed by atoms with Gasteiger partial charge >= 0.3 is 29.6 Å². The predicted molar refractivity (Wildman–Crippen MR) is 241 cm³/mol. The Kier molecular flexibility index (Phi) is 19.5. The molecule has 1 N–H and O–H groups in total. The van der Waals surface area contributed by atoms with Crippen LogP contribution in [0.3, 0.4) is 0 Å². The van der Waals surface area contributed by atoms with E-state index in [9.17, 15) is 25.9 Å². The summed E-state index contributed by atoms with van der Waals surface area (Å²) in [5.74, 6) is -0.625. The van der Waals surface area contributed by atoms with Gasteiger partial charge in [0.2, 0.25) is 5.69 Å². The first kappa shape index (κ1) is 50.4. The topological polar surface area (TPSA) is 142 Å². The minimum Gasteiger partial charge on any atom is -0.748 e. The normalized spacial score (nSPS) is 15.2. The van der Waals surface area contributed by atoms with Crippen molar-refractivity contribution in [3.8, 4) is 0 Å². The number of isothiocyanates is 1. The number of nitrogens with one attached hydrogen (secondary N) is 1. The fourth-order valence-corrected chi connectivity index (χ4v) is 9.32. The first-order valence-corrected chi connectivity index (χ1v) is 23.8. The van der Waals surface area contributed by atoms with Gasteiger partial charge < -0.3 is 14.4 Å². The Bertz CT molecular complexity index is 2330. The van der Waals surface area contributed by atoms with Gasteiger partial charge in [0.15, 0.2) is 5.71 Å². The maximum Gasteiger partial charge on any atom is 1.00 e. The Hall–Kier alpha value is -2.94. The van der Waals surface area contributed by atoms with Crippen LogP contribution >= 0.6 is 24.0 Å². The molecular formula is C45H54N3NaO6S4. The molecular weight excluding hydrogens is 830 g/mol. The van der Waals surface area contributed by atoms with Crippen molar-refractivity contribution in [3.63, 3.8) is 0 Å².